The van der Waals surface area contributed by atoms with Gasteiger partial charge in [-0.25, -0.2) is 14.8 Å². The number of imidazole rings is 1. The molecule has 314 valence electrons. The number of carbonyl (C=O) groups excluding carboxylic acids is 3. The first-order valence-electron chi connectivity index (χ1n) is 20.3. The molecule has 3 fully saturated rings. The number of nitrogens with zero attached hydrogens (tertiary/aromatic N) is 5. The fourth-order valence-electron chi connectivity index (χ4n) is 7.49. The number of fused-ring (bicyclic) bond motifs is 4. The van der Waals surface area contributed by atoms with Gasteiger partial charge in [0.25, 0.3) is 12.4 Å². The molecule has 1 saturated carbocycles. The summed E-state index contributed by atoms with van der Waals surface area (Å²) in [6.45, 7) is 22.2. The zero-order valence-corrected chi connectivity index (χ0v) is 35.8. The largest absolute Gasteiger partial charge is 0.482 e. The normalized spacial score (nSPS) is 18.3. The number of amides is 2. The van der Waals surface area contributed by atoms with E-state index in [2.05, 4.69) is 69.5 Å². The van der Waals surface area contributed by atoms with E-state index in [1.807, 2.05) is 58.2 Å². The van der Waals surface area contributed by atoms with Crippen LogP contribution in [0.15, 0.2) is 67.3 Å². The molecule has 0 aromatic carbocycles. The van der Waals surface area contributed by atoms with Crippen molar-refractivity contribution in [2.24, 2.45) is 11.7 Å². The van der Waals surface area contributed by atoms with E-state index in [1.54, 1.807) is 25.3 Å². The maximum absolute atomic E-state index is 13.8. The lowest BCUT2D eigenvalue weighted by atomic mass is 9.96. The number of carbonyl (C=O) groups is 3. The van der Waals surface area contributed by atoms with E-state index >= 15 is 0 Å². The maximum atomic E-state index is 13.8. The topological polar surface area (TPSA) is 155 Å². The Morgan fingerprint density at radius 3 is 2.33 bits per heavy atom. The third kappa shape index (κ3) is 10.7. The number of hydrogen-bond acceptors (Lipinski definition) is 9. The van der Waals surface area contributed by atoms with E-state index in [9.17, 15) is 14.4 Å². The van der Waals surface area contributed by atoms with Crippen LogP contribution in [0.5, 0.6) is 5.88 Å². The minimum Gasteiger partial charge on any atom is -0.482 e. The van der Waals surface area contributed by atoms with Gasteiger partial charge in [-0.2, -0.15) is 0 Å². The summed E-state index contributed by atoms with van der Waals surface area (Å²) < 4.78 is 19.3. The van der Waals surface area contributed by atoms with Gasteiger partial charge in [-0.15, -0.1) is 0 Å². The first-order chi connectivity index (χ1) is 27.8. The van der Waals surface area contributed by atoms with Crippen molar-refractivity contribution in [1.82, 2.24) is 29.2 Å². The van der Waals surface area contributed by atoms with Crippen molar-refractivity contribution in [3.05, 3.63) is 84.2 Å². The van der Waals surface area contributed by atoms with Crippen LogP contribution in [0.3, 0.4) is 0 Å². The monoisotopic (exact) mass is 797 g/mol. The Bertz CT molecular complexity index is 2110. The standard InChI is InChI=1S/C30H36N6O2.C8H11NO2.C5H10O2.C2H6/c1-5-21-9-8-19-12-25(34(29(19)32-21)16-18-6-7-18)28-17(2)35-26(33-28)13-20(14-27(35)38-4)30(37)36-22-10-11-24(36)23(15-22)31-3;1-3-5-7(4-2)6-11-8(9)10;1-5(2,3)7-4-6;1-2/h8-9,12-14,18,22-24,31H,5-7,10-11,15-16H2,1-4H3;3-5H,1-2,6H2,(H2,9,10);4H,1-3H3;1-2H3/b;7-5+;;. The van der Waals surface area contributed by atoms with Crippen molar-refractivity contribution in [3.8, 4) is 17.3 Å². The number of hydrogen-bond donors (Lipinski definition) is 2. The first-order valence-corrected chi connectivity index (χ1v) is 20.3. The number of ether oxygens (including phenoxy) is 3. The van der Waals surface area contributed by atoms with Gasteiger partial charge >= 0.3 is 6.09 Å². The molecule has 0 radical (unpaired) electrons. The molecule has 2 aliphatic heterocycles. The number of pyridine rings is 2. The van der Waals surface area contributed by atoms with Crippen molar-refractivity contribution in [2.75, 3.05) is 20.8 Å². The number of rotatable bonds is 12. The summed E-state index contributed by atoms with van der Waals surface area (Å²) >= 11 is 0. The number of aromatic nitrogens is 4. The second kappa shape index (κ2) is 20.3. The number of allylic oxidation sites excluding steroid dienone is 2. The molecule has 13 heteroatoms. The zero-order chi connectivity index (χ0) is 42.7. The number of likely N-dealkylation sites (N-methyl/N-ethyl adjacent to an activating group) is 1. The van der Waals surface area contributed by atoms with Crippen LogP contribution in [0, 0.1) is 12.8 Å². The molecule has 1 aliphatic carbocycles. The van der Waals surface area contributed by atoms with Crippen molar-refractivity contribution in [3.63, 3.8) is 0 Å². The van der Waals surface area contributed by atoms with Crippen LogP contribution < -0.4 is 15.8 Å². The molecule has 3 aliphatic rings. The molecule has 58 heavy (non-hydrogen) atoms. The molecular formula is C45H63N7O6. The van der Waals surface area contributed by atoms with Crippen molar-refractivity contribution in [1.29, 1.82) is 0 Å². The molecule has 3 atom stereocenters. The number of nitrogens with two attached hydrogens (primary N) is 1. The molecule has 0 spiro atoms. The molecule has 2 amide bonds. The zero-order valence-electron chi connectivity index (χ0n) is 35.8. The predicted molar refractivity (Wildman–Crippen MR) is 230 cm³/mol. The molecule has 7 rings (SSSR count). The van der Waals surface area contributed by atoms with E-state index in [1.165, 1.54) is 12.8 Å². The lowest BCUT2D eigenvalue weighted by Gasteiger charge is -2.24. The highest BCUT2D eigenvalue weighted by Crippen LogP contribution is 2.40. The Hall–Kier alpha value is -5.43. The Morgan fingerprint density at radius 2 is 1.79 bits per heavy atom. The Kier molecular flexibility index (Phi) is 15.9. The van der Waals surface area contributed by atoms with E-state index in [0.717, 1.165) is 77.3 Å². The Morgan fingerprint density at radius 1 is 1.07 bits per heavy atom. The highest BCUT2D eigenvalue weighted by Gasteiger charge is 2.48. The Labute approximate surface area is 343 Å². The van der Waals surface area contributed by atoms with Crippen molar-refractivity contribution >= 4 is 35.2 Å². The molecule has 3 unspecified atom stereocenters. The van der Waals surface area contributed by atoms with Gasteiger partial charge < -0.3 is 34.7 Å². The van der Waals surface area contributed by atoms with Gasteiger partial charge in [0, 0.05) is 47.4 Å². The molecular weight excluding hydrogens is 735 g/mol. The SMILES string of the molecule is C=C/C=C(\C=C)COC(N)=O.CC.CC(C)(C)OC=O.CCc1ccc2cc(-c3nc4cc(C(=O)N5C6CCC5C(NC)C6)cc(OC)n4c3C)n(CC3CC3)c2n1. The van der Waals surface area contributed by atoms with Crippen LogP contribution in [0.4, 0.5) is 4.79 Å². The Balaban J connectivity index is 0.000000311. The van der Waals surface area contributed by atoms with Gasteiger partial charge in [0.1, 0.15) is 29.2 Å². The van der Waals surface area contributed by atoms with E-state index in [4.69, 9.17) is 20.4 Å². The number of methoxy groups -OCH3 is 1. The highest BCUT2D eigenvalue weighted by atomic mass is 16.5. The van der Waals surface area contributed by atoms with Crippen LogP contribution in [0.25, 0.3) is 28.1 Å². The summed E-state index contributed by atoms with van der Waals surface area (Å²) in [6.07, 6.45) is 10.7. The maximum Gasteiger partial charge on any atom is 0.404 e. The second-order valence-electron chi connectivity index (χ2n) is 15.4. The number of primary amides is 1. The van der Waals surface area contributed by atoms with Gasteiger partial charge in [0.05, 0.1) is 18.5 Å². The molecule has 4 aromatic heterocycles. The smallest absolute Gasteiger partial charge is 0.404 e. The van der Waals surface area contributed by atoms with Crippen molar-refractivity contribution < 1.29 is 28.6 Å². The average molecular weight is 798 g/mol. The fraction of sp³-hybridized carbons (Fsp3) is 0.489. The van der Waals surface area contributed by atoms with Gasteiger partial charge in [0.2, 0.25) is 0 Å². The van der Waals surface area contributed by atoms with Gasteiger partial charge in [0.15, 0.2) is 5.88 Å². The third-order valence-corrected chi connectivity index (χ3v) is 10.4. The summed E-state index contributed by atoms with van der Waals surface area (Å²) in [5.41, 5.74) is 11.7. The summed E-state index contributed by atoms with van der Waals surface area (Å²) in [5, 5.41) is 4.55. The quantitative estimate of drug-likeness (QED) is 0.107. The fourth-order valence-corrected chi connectivity index (χ4v) is 7.49. The van der Waals surface area contributed by atoms with Crippen LogP contribution in [0.1, 0.15) is 95.4 Å². The average Bonchev–Trinajstić information content (AvgIpc) is 3.51. The molecule has 2 bridgehead atoms. The molecule has 2 saturated heterocycles. The highest BCUT2D eigenvalue weighted by molar-refractivity contribution is 5.97. The van der Waals surface area contributed by atoms with Crippen LogP contribution in [-0.4, -0.2) is 86.8 Å². The predicted octanol–water partition coefficient (Wildman–Crippen LogP) is 7.97. The van der Waals surface area contributed by atoms with Crippen LogP contribution >= 0.6 is 0 Å². The van der Waals surface area contributed by atoms with Crippen LogP contribution in [0.2, 0.25) is 0 Å². The minimum atomic E-state index is -0.790. The van der Waals surface area contributed by atoms with Crippen LogP contribution in [-0.2, 0) is 27.2 Å². The van der Waals surface area contributed by atoms with Gasteiger partial charge in [-0.1, -0.05) is 52.2 Å². The van der Waals surface area contributed by atoms with E-state index in [0.29, 0.717) is 35.9 Å². The van der Waals surface area contributed by atoms with E-state index < -0.39 is 6.09 Å². The summed E-state index contributed by atoms with van der Waals surface area (Å²) in [7, 11) is 3.66. The molecule has 3 N–H and O–H groups in total. The lowest BCUT2D eigenvalue weighted by molar-refractivity contribution is -0.138. The first kappa shape index (κ1) is 45.3. The van der Waals surface area contributed by atoms with Gasteiger partial charge in [-0.3, -0.25) is 14.0 Å². The molecule has 6 heterocycles. The molecule has 4 aromatic rings. The summed E-state index contributed by atoms with van der Waals surface area (Å²) in [5.74, 6) is 1.41. The minimum absolute atomic E-state index is 0.0809. The van der Waals surface area contributed by atoms with Crippen molar-refractivity contribution in [2.45, 2.75) is 117 Å². The number of aryl methyl sites for hydroxylation is 2. The summed E-state index contributed by atoms with van der Waals surface area (Å²) in [4.78, 5) is 45.8. The lowest BCUT2D eigenvalue weighted by Crippen LogP contribution is -2.41. The van der Waals surface area contributed by atoms with E-state index in [-0.39, 0.29) is 24.2 Å². The summed E-state index contributed by atoms with van der Waals surface area (Å²) in [6, 6.07) is 11.3. The van der Waals surface area contributed by atoms with Gasteiger partial charge in [-0.05, 0) is 109 Å². The molecule has 13 nitrogen and oxygen atoms in total. The second-order valence-corrected chi connectivity index (χ2v) is 15.4. The third-order valence-electron chi connectivity index (χ3n) is 10.4. The number of nitrogens with one attached hydrogen (secondary N) is 1.